The van der Waals surface area contributed by atoms with Crippen LogP contribution in [0.2, 0.25) is 0 Å². The van der Waals surface area contributed by atoms with Crippen molar-refractivity contribution in [2.24, 2.45) is 0 Å². The lowest BCUT2D eigenvalue weighted by molar-refractivity contribution is -0.128. The van der Waals surface area contributed by atoms with E-state index in [0.717, 1.165) is 5.56 Å². The van der Waals surface area contributed by atoms with Crippen LogP contribution in [0, 0.1) is 0 Å². The van der Waals surface area contributed by atoms with Gasteiger partial charge in [0.05, 0.1) is 11.9 Å². The first-order valence-corrected chi connectivity index (χ1v) is 8.33. The largest absolute Gasteiger partial charge is 0.419 e. The molecular weight excluding hydrogens is 334 g/mol. The van der Waals surface area contributed by atoms with Gasteiger partial charge in [-0.3, -0.25) is 25.0 Å². The maximum atomic E-state index is 11.8. The SMILES string of the molecule is O=C(CCCn1c(=O)oc2ccccc21)NNC(=O)Cc1ccccc1. The standard InChI is InChI=1S/C19H19N3O4/c23-17(20-21-18(24)13-14-7-2-1-3-8-14)11-6-12-22-15-9-4-5-10-16(15)26-19(22)25/h1-5,7-10H,6,11-13H2,(H,20,23)(H,21,24). The molecule has 0 saturated heterocycles. The second-order valence-electron chi connectivity index (χ2n) is 5.85. The topological polar surface area (TPSA) is 93.3 Å². The monoisotopic (exact) mass is 353 g/mol. The number of amides is 2. The van der Waals surface area contributed by atoms with E-state index in [4.69, 9.17) is 4.42 Å². The zero-order valence-electron chi connectivity index (χ0n) is 14.1. The summed E-state index contributed by atoms with van der Waals surface area (Å²) in [5.41, 5.74) is 6.87. The number of rotatable bonds is 6. The van der Waals surface area contributed by atoms with Gasteiger partial charge in [-0.2, -0.15) is 0 Å². The van der Waals surface area contributed by atoms with Gasteiger partial charge in [0.25, 0.3) is 0 Å². The first-order chi connectivity index (χ1) is 12.6. The number of carbonyl (C=O) groups excluding carboxylic acids is 2. The summed E-state index contributed by atoms with van der Waals surface area (Å²) in [5.74, 6) is -1.04. The van der Waals surface area contributed by atoms with E-state index in [1.54, 1.807) is 18.2 Å². The van der Waals surface area contributed by atoms with Gasteiger partial charge in [0.15, 0.2) is 5.58 Å². The molecule has 26 heavy (non-hydrogen) atoms. The molecule has 7 nitrogen and oxygen atoms in total. The molecule has 0 fully saturated rings. The molecule has 2 amide bonds. The molecule has 7 heteroatoms. The average Bonchev–Trinajstić information content (AvgIpc) is 2.96. The number of aromatic nitrogens is 1. The Morgan fingerprint density at radius 2 is 1.62 bits per heavy atom. The number of hydrazine groups is 1. The van der Waals surface area contributed by atoms with Gasteiger partial charge in [0, 0.05) is 13.0 Å². The maximum absolute atomic E-state index is 11.8. The molecule has 2 aromatic carbocycles. The van der Waals surface area contributed by atoms with E-state index >= 15 is 0 Å². The predicted octanol–water partition coefficient (Wildman–Crippen LogP) is 1.76. The van der Waals surface area contributed by atoms with Gasteiger partial charge in [0.1, 0.15) is 0 Å². The fourth-order valence-corrected chi connectivity index (χ4v) is 2.65. The van der Waals surface area contributed by atoms with Crippen molar-refractivity contribution < 1.29 is 14.0 Å². The van der Waals surface area contributed by atoms with E-state index in [1.807, 2.05) is 36.4 Å². The van der Waals surface area contributed by atoms with E-state index in [0.29, 0.717) is 24.1 Å². The van der Waals surface area contributed by atoms with Crippen LogP contribution in [0.3, 0.4) is 0 Å². The normalized spacial score (nSPS) is 10.6. The second kappa shape index (κ2) is 8.15. The highest BCUT2D eigenvalue weighted by atomic mass is 16.4. The van der Waals surface area contributed by atoms with Gasteiger partial charge < -0.3 is 4.42 Å². The van der Waals surface area contributed by atoms with Crippen molar-refractivity contribution in [2.45, 2.75) is 25.8 Å². The quantitative estimate of drug-likeness (QED) is 0.661. The Morgan fingerprint density at radius 3 is 2.42 bits per heavy atom. The fraction of sp³-hybridized carbons (Fsp3) is 0.211. The van der Waals surface area contributed by atoms with Gasteiger partial charge in [0.2, 0.25) is 11.8 Å². The van der Waals surface area contributed by atoms with Gasteiger partial charge in [-0.1, -0.05) is 42.5 Å². The van der Waals surface area contributed by atoms with Crippen LogP contribution in [0.5, 0.6) is 0 Å². The van der Waals surface area contributed by atoms with E-state index in [1.165, 1.54) is 4.57 Å². The number of nitrogens with one attached hydrogen (secondary N) is 2. The van der Waals surface area contributed by atoms with Crippen molar-refractivity contribution in [3.8, 4) is 0 Å². The summed E-state index contributed by atoms with van der Waals surface area (Å²) in [6.45, 7) is 0.362. The summed E-state index contributed by atoms with van der Waals surface area (Å²) in [4.78, 5) is 35.5. The summed E-state index contributed by atoms with van der Waals surface area (Å²) in [7, 11) is 0. The van der Waals surface area contributed by atoms with Crippen LogP contribution in [0.1, 0.15) is 18.4 Å². The van der Waals surface area contributed by atoms with E-state index < -0.39 is 5.76 Å². The number of para-hydroxylation sites is 2. The molecule has 0 aliphatic carbocycles. The molecule has 0 spiro atoms. The summed E-state index contributed by atoms with van der Waals surface area (Å²) in [6, 6.07) is 16.4. The summed E-state index contributed by atoms with van der Waals surface area (Å²) in [5, 5.41) is 0. The number of oxazole rings is 1. The fourth-order valence-electron chi connectivity index (χ4n) is 2.65. The Balaban J connectivity index is 1.43. The molecule has 2 N–H and O–H groups in total. The molecule has 0 saturated carbocycles. The van der Waals surface area contributed by atoms with Gasteiger partial charge >= 0.3 is 5.76 Å². The first-order valence-electron chi connectivity index (χ1n) is 8.33. The van der Waals surface area contributed by atoms with Gasteiger partial charge in [-0.05, 0) is 24.1 Å². The molecule has 0 unspecified atom stereocenters. The number of nitrogens with zero attached hydrogens (tertiary/aromatic N) is 1. The molecule has 3 rings (SSSR count). The Kier molecular flexibility index (Phi) is 5.48. The Bertz CT molecular complexity index is 960. The highest BCUT2D eigenvalue weighted by molar-refractivity contribution is 5.83. The van der Waals surface area contributed by atoms with Gasteiger partial charge in [-0.25, -0.2) is 4.79 Å². The third-order valence-corrected chi connectivity index (χ3v) is 3.91. The number of benzene rings is 2. The van der Waals surface area contributed by atoms with Crippen LogP contribution < -0.4 is 16.6 Å². The van der Waals surface area contributed by atoms with Crippen molar-refractivity contribution in [3.05, 3.63) is 70.7 Å². The number of hydrogen-bond donors (Lipinski definition) is 2. The minimum absolute atomic E-state index is 0.178. The summed E-state index contributed by atoms with van der Waals surface area (Å²) >= 11 is 0. The minimum Gasteiger partial charge on any atom is -0.408 e. The molecule has 0 aliphatic rings. The van der Waals surface area contributed by atoms with Crippen LogP contribution in [-0.4, -0.2) is 16.4 Å². The molecule has 0 atom stereocenters. The Hall–Kier alpha value is -3.35. The van der Waals surface area contributed by atoms with Crippen molar-refractivity contribution in [3.63, 3.8) is 0 Å². The molecule has 0 aliphatic heterocycles. The molecule has 0 bridgehead atoms. The smallest absolute Gasteiger partial charge is 0.408 e. The number of aryl methyl sites for hydroxylation is 1. The molecule has 1 aromatic heterocycles. The van der Waals surface area contributed by atoms with Crippen molar-refractivity contribution >= 4 is 22.9 Å². The zero-order valence-corrected chi connectivity index (χ0v) is 14.1. The lowest BCUT2D eigenvalue weighted by Crippen LogP contribution is -2.42. The highest BCUT2D eigenvalue weighted by Crippen LogP contribution is 2.12. The number of carbonyl (C=O) groups is 2. The Labute approximate surface area is 149 Å². The lowest BCUT2D eigenvalue weighted by Gasteiger charge is -2.07. The molecule has 1 heterocycles. The first kappa shape index (κ1) is 17.5. The highest BCUT2D eigenvalue weighted by Gasteiger charge is 2.10. The van der Waals surface area contributed by atoms with Crippen LogP contribution in [-0.2, 0) is 22.6 Å². The molecular formula is C19H19N3O4. The molecule has 3 aromatic rings. The maximum Gasteiger partial charge on any atom is 0.419 e. The minimum atomic E-state index is -0.442. The van der Waals surface area contributed by atoms with E-state index in [9.17, 15) is 14.4 Å². The summed E-state index contributed by atoms with van der Waals surface area (Å²) in [6.07, 6.45) is 0.818. The zero-order chi connectivity index (χ0) is 18.4. The third kappa shape index (κ3) is 4.38. The van der Waals surface area contributed by atoms with E-state index in [2.05, 4.69) is 10.9 Å². The third-order valence-electron chi connectivity index (χ3n) is 3.91. The Morgan fingerprint density at radius 1 is 0.923 bits per heavy atom. The second-order valence-corrected chi connectivity index (χ2v) is 5.85. The number of fused-ring (bicyclic) bond motifs is 1. The lowest BCUT2D eigenvalue weighted by atomic mass is 10.1. The number of hydrogen-bond acceptors (Lipinski definition) is 4. The van der Waals surface area contributed by atoms with Crippen LogP contribution >= 0.6 is 0 Å². The van der Waals surface area contributed by atoms with Crippen LogP contribution in [0.4, 0.5) is 0 Å². The van der Waals surface area contributed by atoms with Crippen molar-refractivity contribution in [2.75, 3.05) is 0 Å². The summed E-state index contributed by atoms with van der Waals surface area (Å²) < 4.78 is 6.64. The van der Waals surface area contributed by atoms with Crippen molar-refractivity contribution in [1.82, 2.24) is 15.4 Å². The van der Waals surface area contributed by atoms with Crippen molar-refractivity contribution in [1.29, 1.82) is 0 Å². The van der Waals surface area contributed by atoms with Crippen LogP contribution in [0.25, 0.3) is 11.1 Å². The molecule has 0 radical (unpaired) electrons. The van der Waals surface area contributed by atoms with Crippen LogP contribution in [0.15, 0.2) is 63.8 Å². The van der Waals surface area contributed by atoms with Gasteiger partial charge in [-0.15, -0.1) is 0 Å². The predicted molar refractivity (Wildman–Crippen MR) is 96.1 cm³/mol. The average molecular weight is 353 g/mol. The molecule has 134 valence electrons. The van der Waals surface area contributed by atoms with E-state index in [-0.39, 0.29) is 24.7 Å².